The Kier molecular flexibility index (Phi) is 3.74. The van der Waals surface area contributed by atoms with Gasteiger partial charge in [0.1, 0.15) is 0 Å². The zero-order valence-corrected chi connectivity index (χ0v) is 12.2. The number of nitro benzene ring substituents is 1. The summed E-state index contributed by atoms with van der Waals surface area (Å²) >= 11 is 0. The smallest absolute Gasteiger partial charge is 0.271 e. The van der Waals surface area contributed by atoms with Crippen molar-refractivity contribution < 1.29 is 4.92 Å². The number of hydrogen-bond donors (Lipinski definition) is 1. The average molecular weight is 296 g/mol. The minimum Gasteiger partial charge on any atom is -0.355 e. The highest BCUT2D eigenvalue weighted by molar-refractivity contribution is 5.80. The van der Waals surface area contributed by atoms with Crippen LogP contribution in [0.2, 0.25) is 0 Å². The van der Waals surface area contributed by atoms with Crippen LogP contribution in [0.4, 0.5) is 11.6 Å². The lowest BCUT2D eigenvalue weighted by Crippen LogP contribution is -2.08. The van der Waals surface area contributed by atoms with E-state index in [1.807, 2.05) is 29.8 Å². The van der Waals surface area contributed by atoms with Crippen LogP contribution in [-0.4, -0.2) is 21.0 Å². The fourth-order valence-corrected chi connectivity index (χ4v) is 2.42. The third kappa shape index (κ3) is 2.76. The molecule has 1 aromatic heterocycles. The Hall–Kier alpha value is -2.89. The van der Waals surface area contributed by atoms with Gasteiger partial charge in [0.2, 0.25) is 5.95 Å². The van der Waals surface area contributed by atoms with Gasteiger partial charge in [-0.1, -0.05) is 30.3 Å². The molecule has 0 amide bonds. The van der Waals surface area contributed by atoms with Crippen LogP contribution in [0.3, 0.4) is 0 Å². The highest BCUT2D eigenvalue weighted by Crippen LogP contribution is 2.23. The van der Waals surface area contributed by atoms with Crippen LogP contribution >= 0.6 is 0 Å². The topological polar surface area (TPSA) is 73.0 Å². The van der Waals surface area contributed by atoms with Crippen LogP contribution in [-0.2, 0) is 13.5 Å². The Balaban J connectivity index is 1.76. The molecule has 0 atom stereocenters. The third-order valence-electron chi connectivity index (χ3n) is 3.61. The van der Waals surface area contributed by atoms with Gasteiger partial charge in [0.05, 0.1) is 16.0 Å². The molecule has 6 nitrogen and oxygen atoms in total. The Labute approximate surface area is 127 Å². The second kappa shape index (κ2) is 5.85. The second-order valence-electron chi connectivity index (χ2n) is 5.09. The summed E-state index contributed by atoms with van der Waals surface area (Å²) in [5, 5.41) is 14.1. The average Bonchev–Trinajstić information content (AvgIpc) is 2.84. The Morgan fingerprint density at radius 2 is 2.00 bits per heavy atom. The molecule has 6 heteroatoms. The number of aromatic nitrogens is 2. The van der Waals surface area contributed by atoms with Crippen LogP contribution < -0.4 is 5.32 Å². The molecule has 0 saturated heterocycles. The van der Waals surface area contributed by atoms with Crippen LogP contribution in [0.25, 0.3) is 11.0 Å². The summed E-state index contributed by atoms with van der Waals surface area (Å²) in [6, 6.07) is 14.9. The molecule has 1 heterocycles. The molecule has 0 spiro atoms. The molecule has 0 fully saturated rings. The summed E-state index contributed by atoms with van der Waals surface area (Å²) in [6.07, 6.45) is 0.893. The molecule has 2 aromatic carbocycles. The summed E-state index contributed by atoms with van der Waals surface area (Å²) in [6.45, 7) is 0.753. The summed E-state index contributed by atoms with van der Waals surface area (Å²) in [4.78, 5) is 14.8. The van der Waals surface area contributed by atoms with E-state index in [0.29, 0.717) is 11.5 Å². The molecule has 0 aliphatic rings. The molecule has 3 rings (SSSR count). The molecule has 1 N–H and O–H groups in total. The van der Waals surface area contributed by atoms with Crippen LogP contribution in [0.5, 0.6) is 0 Å². The van der Waals surface area contributed by atoms with E-state index in [4.69, 9.17) is 0 Å². The van der Waals surface area contributed by atoms with E-state index < -0.39 is 4.92 Å². The summed E-state index contributed by atoms with van der Waals surface area (Å²) in [7, 11) is 1.89. The van der Waals surface area contributed by atoms with E-state index in [1.54, 1.807) is 6.07 Å². The largest absolute Gasteiger partial charge is 0.355 e. The van der Waals surface area contributed by atoms with Gasteiger partial charge in [-0.2, -0.15) is 0 Å². The molecule has 0 saturated carbocycles. The van der Waals surface area contributed by atoms with E-state index in [0.717, 1.165) is 18.5 Å². The summed E-state index contributed by atoms with van der Waals surface area (Å²) < 4.78 is 1.91. The number of aryl methyl sites for hydroxylation is 1. The van der Waals surface area contributed by atoms with Gasteiger partial charge in [-0.25, -0.2) is 4.98 Å². The lowest BCUT2D eigenvalue weighted by molar-refractivity contribution is -0.384. The van der Waals surface area contributed by atoms with Gasteiger partial charge in [0.25, 0.3) is 5.69 Å². The first-order valence-corrected chi connectivity index (χ1v) is 7.04. The van der Waals surface area contributed by atoms with Crippen LogP contribution in [0.15, 0.2) is 48.5 Å². The summed E-state index contributed by atoms with van der Waals surface area (Å²) in [5.74, 6) is 0.714. The van der Waals surface area contributed by atoms with Gasteiger partial charge in [-0.3, -0.25) is 10.1 Å². The number of fused-ring (bicyclic) bond motifs is 1. The zero-order valence-electron chi connectivity index (χ0n) is 12.2. The number of nitrogens with zero attached hydrogens (tertiary/aromatic N) is 3. The predicted octanol–water partition coefficient (Wildman–Crippen LogP) is 3.14. The number of non-ortho nitro benzene ring substituents is 1. The normalized spacial score (nSPS) is 10.8. The van der Waals surface area contributed by atoms with Gasteiger partial charge >= 0.3 is 0 Å². The number of hydrogen-bond acceptors (Lipinski definition) is 4. The number of imidazole rings is 1. The van der Waals surface area contributed by atoms with Crippen molar-refractivity contribution in [2.75, 3.05) is 11.9 Å². The number of rotatable bonds is 5. The molecule has 0 aliphatic heterocycles. The fourth-order valence-electron chi connectivity index (χ4n) is 2.42. The lowest BCUT2D eigenvalue weighted by atomic mass is 10.1. The van der Waals surface area contributed by atoms with Gasteiger partial charge in [0.15, 0.2) is 0 Å². The minimum absolute atomic E-state index is 0.0569. The third-order valence-corrected chi connectivity index (χ3v) is 3.61. The van der Waals surface area contributed by atoms with E-state index in [2.05, 4.69) is 22.4 Å². The Morgan fingerprint density at radius 1 is 1.23 bits per heavy atom. The predicted molar refractivity (Wildman–Crippen MR) is 86.0 cm³/mol. The molecule has 112 valence electrons. The molecule has 0 unspecified atom stereocenters. The molecular weight excluding hydrogens is 280 g/mol. The van der Waals surface area contributed by atoms with Crippen LogP contribution in [0.1, 0.15) is 5.56 Å². The van der Waals surface area contributed by atoms with Crippen LogP contribution in [0, 0.1) is 10.1 Å². The number of benzene rings is 2. The fraction of sp³-hybridized carbons (Fsp3) is 0.188. The maximum absolute atomic E-state index is 10.8. The van der Waals surface area contributed by atoms with E-state index in [9.17, 15) is 10.1 Å². The quantitative estimate of drug-likeness (QED) is 0.580. The number of nitro groups is 1. The first-order chi connectivity index (χ1) is 10.6. The van der Waals surface area contributed by atoms with Gasteiger partial charge in [-0.05, 0) is 18.1 Å². The molecule has 3 aromatic rings. The second-order valence-corrected chi connectivity index (χ2v) is 5.09. The standard InChI is InChI=1S/C16H16N4O2/c1-19-15-8-7-13(20(21)22)11-14(15)18-16(19)17-10-9-12-5-3-2-4-6-12/h2-8,11H,9-10H2,1H3,(H,17,18). The highest BCUT2D eigenvalue weighted by Gasteiger charge is 2.12. The van der Waals surface area contributed by atoms with Crippen molar-refractivity contribution in [1.82, 2.24) is 9.55 Å². The Bertz CT molecular complexity index is 812. The van der Waals surface area contributed by atoms with Crippen molar-refractivity contribution in [3.05, 3.63) is 64.2 Å². The SMILES string of the molecule is Cn1c(NCCc2ccccc2)nc2cc([N+](=O)[O-])ccc21. The van der Waals surface area contributed by atoms with Crippen molar-refractivity contribution in [2.24, 2.45) is 7.05 Å². The first kappa shape index (κ1) is 14.1. The molecule has 22 heavy (non-hydrogen) atoms. The zero-order chi connectivity index (χ0) is 15.5. The molecular formula is C16H16N4O2. The molecule has 0 aliphatic carbocycles. The monoisotopic (exact) mass is 296 g/mol. The highest BCUT2D eigenvalue weighted by atomic mass is 16.6. The maximum atomic E-state index is 10.8. The van der Waals surface area contributed by atoms with E-state index >= 15 is 0 Å². The van der Waals surface area contributed by atoms with Crippen molar-refractivity contribution in [3.63, 3.8) is 0 Å². The molecule has 0 radical (unpaired) electrons. The Morgan fingerprint density at radius 3 is 2.73 bits per heavy atom. The first-order valence-electron chi connectivity index (χ1n) is 7.04. The van der Waals surface area contributed by atoms with Crippen molar-refractivity contribution in [1.29, 1.82) is 0 Å². The van der Waals surface area contributed by atoms with Crippen molar-refractivity contribution in [3.8, 4) is 0 Å². The maximum Gasteiger partial charge on any atom is 0.271 e. The molecule has 0 bridgehead atoms. The van der Waals surface area contributed by atoms with E-state index in [1.165, 1.54) is 17.7 Å². The number of anilines is 1. The van der Waals surface area contributed by atoms with Gasteiger partial charge in [-0.15, -0.1) is 0 Å². The summed E-state index contributed by atoms with van der Waals surface area (Å²) in [5.41, 5.74) is 2.80. The van der Waals surface area contributed by atoms with Crippen molar-refractivity contribution in [2.45, 2.75) is 6.42 Å². The van der Waals surface area contributed by atoms with Gasteiger partial charge in [0, 0.05) is 25.7 Å². The van der Waals surface area contributed by atoms with E-state index in [-0.39, 0.29) is 5.69 Å². The number of nitrogens with one attached hydrogen (secondary N) is 1. The minimum atomic E-state index is -0.406. The van der Waals surface area contributed by atoms with Crippen molar-refractivity contribution >= 4 is 22.7 Å². The van der Waals surface area contributed by atoms with Gasteiger partial charge < -0.3 is 9.88 Å². The lowest BCUT2D eigenvalue weighted by Gasteiger charge is -2.06.